The Labute approximate surface area is 71.4 Å². The summed E-state index contributed by atoms with van der Waals surface area (Å²) >= 11 is 0. The SMILES string of the molecule is C[C@@H]1CC[C@H](C#N)CN1C(=O)O. The van der Waals surface area contributed by atoms with Crippen molar-refractivity contribution in [2.75, 3.05) is 6.54 Å². The van der Waals surface area contributed by atoms with Crippen LogP contribution in [-0.2, 0) is 0 Å². The zero-order valence-corrected chi connectivity index (χ0v) is 7.03. The molecule has 1 saturated heterocycles. The first kappa shape index (κ1) is 8.85. The summed E-state index contributed by atoms with van der Waals surface area (Å²) in [5, 5.41) is 17.3. The van der Waals surface area contributed by atoms with Crippen LogP contribution in [0.2, 0.25) is 0 Å². The van der Waals surface area contributed by atoms with Gasteiger partial charge in [-0.3, -0.25) is 0 Å². The van der Waals surface area contributed by atoms with Crippen LogP contribution >= 0.6 is 0 Å². The lowest BCUT2D eigenvalue weighted by Crippen LogP contribution is -2.44. The molecule has 2 atom stereocenters. The summed E-state index contributed by atoms with van der Waals surface area (Å²) in [6, 6.07) is 2.17. The molecule has 12 heavy (non-hydrogen) atoms. The summed E-state index contributed by atoms with van der Waals surface area (Å²) < 4.78 is 0. The van der Waals surface area contributed by atoms with E-state index in [1.807, 2.05) is 6.92 Å². The maximum Gasteiger partial charge on any atom is 0.407 e. The Hall–Kier alpha value is -1.24. The molecule has 0 aromatic carbocycles. The topological polar surface area (TPSA) is 64.3 Å². The van der Waals surface area contributed by atoms with E-state index in [0.717, 1.165) is 12.8 Å². The Morgan fingerprint density at radius 1 is 1.67 bits per heavy atom. The number of hydrogen-bond donors (Lipinski definition) is 1. The van der Waals surface area contributed by atoms with Crippen LogP contribution in [0, 0.1) is 17.2 Å². The van der Waals surface area contributed by atoms with Gasteiger partial charge in [0.15, 0.2) is 0 Å². The highest BCUT2D eigenvalue weighted by Gasteiger charge is 2.28. The van der Waals surface area contributed by atoms with Crippen molar-refractivity contribution in [3.63, 3.8) is 0 Å². The number of likely N-dealkylation sites (tertiary alicyclic amines) is 1. The Morgan fingerprint density at radius 3 is 2.83 bits per heavy atom. The van der Waals surface area contributed by atoms with Crippen molar-refractivity contribution in [2.45, 2.75) is 25.8 Å². The highest BCUT2D eigenvalue weighted by molar-refractivity contribution is 5.65. The number of carbonyl (C=O) groups is 1. The van der Waals surface area contributed by atoms with Gasteiger partial charge in [-0.25, -0.2) is 4.79 Å². The molecule has 0 bridgehead atoms. The summed E-state index contributed by atoms with van der Waals surface area (Å²) in [4.78, 5) is 12.0. The van der Waals surface area contributed by atoms with Gasteiger partial charge in [0.05, 0.1) is 12.0 Å². The largest absolute Gasteiger partial charge is 0.465 e. The summed E-state index contributed by atoms with van der Waals surface area (Å²) in [7, 11) is 0. The molecule has 0 unspecified atom stereocenters. The van der Waals surface area contributed by atoms with Crippen LogP contribution in [0.5, 0.6) is 0 Å². The molecular weight excluding hydrogens is 156 g/mol. The smallest absolute Gasteiger partial charge is 0.407 e. The van der Waals surface area contributed by atoms with E-state index in [2.05, 4.69) is 6.07 Å². The lowest BCUT2D eigenvalue weighted by molar-refractivity contribution is 0.102. The van der Waals surface area contributed by atoms with E-state index in [1.54, 1.807) is 0 Å². The summed E-state index contributed by atoms with van der Waals surface area (Å²) in [5.41, 5.74) is 0. The van der Waals surface area contributed by atoms with Crippen LogP contribution in [0.1, 0.15) is 19.8 Å². The molecule has 1 fully saturated rings. The van der Waals surface area contributed by atoms with Crippen LogP contribution in [-0.4, -0.2) is 28.7 Å². The lowest BCUT2D eigenvalue weighted by atomic mass is 9.95. The second-order valence-electron chi connectivity index (χ2n) is 3.19. The molecule has 0 radical (unpaired) electrons. The van der Waals surface area contributed by atoms with E-state index in [9.17, 15) is 4.79 Å². The molecule has 1 N–H and O–H groups in total. The molecule has 66 valence electrons. The van der Waals surface area contributed by atoms with Crippen LogP contribution in [0.15, 0.2) is 0 Å². The molecule has 4 heteroatoms. The van der Waals surface area contributed by atoms with Gasteiger partial charge in [-0.05, 0) is 19.8 Å². The number of rotatable bonds is 0. The van der Waals surface area contributed by atoms with E-state index in [0.29, 0.717) is 6.54 Å². The van der Waals surface area contributed by atoms with Gasteiger partial charge in [-0.15, -0.1) is 0 Å². The Bertz CT molecular complexity index is 222. The number of nitriles is 1. The van der Waals surface area contributed by atoms with E-state index in [-0.39, 0.29) is 12.0 Å². The van der Waals surface area contributed by atoms with E-state index in [4.69, 9.17) is 10.4 Å². The molecule has 0 aliphatic carbocycles. The van der Waals surface area contributed by atoms with Crippen molar-refractivity contribution in [1.29, 1.82) is 5.26 Å². The maximum atomic E-state index is 10.6. The molecule has 1 heterocycles. The second-order valence-corrected chi connectivity index (χ2v) is 3.19. The lowest BCUT2D eigenvalue weighted by Gasteiger charge is -2.33. The molecule has 1 rings (SSSR count). The highest BCUT2D eigenvalue weighted by Crippen LogP contribution is 2.20. The summed E-state index contributed by atoms with van der Waals surface area (Å²) in [6.45, 7) is 2.24. The third kappa shape index (κ3) is 1.67. The Balaban J connectivity index is 2.60. The van der Waals surface area contributed by atoms with E-state index < -0.39 is 6.09 Å². The van der Waals surface area contributed by atoms with Crippen molar-refractivity contribution in [3.8, 4) is 6.07 Å². The predicted octanol–water partition coefficient (Wildman–Crippen LogP) is 1.29. The molecule has 0 saturated carbocycles. The van der Waals surface area contributed by atoms with Gasteiger partial charge in [0.25, 0.3) is 0 Å². The van der Waals surface area contributed by atoms with Crippen molar-refractivity contribution in [2.24, 2.45) is 5.92 Å². The van der Waals surface area contributed by atoms with Gasteiger partial charge in [0.2, 0.25) is 0 Å². The first-order chi connectivity index (χ1) is 5.65. The average molecular weight is 168 g/mol. The predicted molar refractivity (Wildman–Crippen MR) is 42.5 cm³/mol. The number of nitrogens with zero attached hydrogens (tertiary/aromatic N) is 2. The van der Waals surface area contributed by atoms with Crippen LogP contribution < -0.4 is 0 Å². The number of hydrogen-bond acceptors (Lipinski definition) is 2. The number of amides is 1. The third-order valence-corrected chi connectivity index (χ3v) is 2.31. The summed E-state index contributed by atoms with van der Waals surface area (Å²) in [5.74, 6) is -0.114. The first-order valence-electron chi connectivity index (χ1n) is 4.04. The van der Waals surface area contributed by atoms with Crippen LogP contribution in [0.4, 0.5) is 4.79 Å². The van der Waals surface area contributed by atoms with Crippen molar-refractivity contribution in [3.05, 3.63) is 0 Å². The van der Waals surface area contributed by atoms with E-state index in [1.165, 1.54) is 4.90 Å². The quantitative estimate of drug-likeness (QED) is 0.592. The molecular formula is C8H12N2O2. The van der Waals surface area contributed by atoms with Crippen molar-refractivity contribution >= 4 is 6.09 Å². The highest BCUT2D eigenvalue weighted by atomic mass is 16.4. The zero-order valence-electron chi connectivity index (χ0n) is 7.03. The minimum atomic E-state index is -0.914. The summed E-state index contributed by atoms with van der Waals surface area (Å²) in [6.07, 6.45) is 0.703. The standard InChI is InChI=1S/C8H12N2O2/c1-6-2-3-7(4-9)5-10(6)8(11)12/h6-7H,2-3,5H2,1H3,(H,11,12)/t6-,7-/m1/s1. The maximum absolute atomic E-state index is 10.6. The number of carboxylic acid groups (broad SMARTS) is 1. The van der Waals surface area contributed by atoms with Gasteiger partial charge < -0.3 is 10.0 Å². The molecule has 4 nitrogen and oxygen atoms in total. The number of piperidine rings is 1. The average Bonchev–Trinajstić information content (AvgIpc) is 2.05. The van der Waals surface area contributed by atoms with Gasteiger partial charge in [0.1, 0.15) is 0 Å². The third-order valence-electron chi connectivity index (χ3n) is 2.31. The van der Waals surface area contributed by atoms with Gasteiger partial charge in [0, 0.05) is 12.6 Å². The second kappa shape index (κ2) is 3.44. The first-order valence-corrected chi connectivity index (χ1v) is 4.04. The fourth-order valence-electron chi connectivity index (χ4n) is 1.48. The molecule has 1 aliphatic heterocycles. The zero-order chi connectivity index (χ0) is 9.14. The Morgan fingerprint density at radius 2 is 2.33 bits per heavy atom. The van der Waals surface area contributed by atoms with Gasteiger partial charge >= 0.3 is 6.09 Å². The van der Waals surface area contributed by atoms with Gasteiger partial charge in [-0.1, -0.05) is 0 Å². The molecule has 0 aromatic heterocycles. The van der Waals surface area contributed by atoms with Gasteiger partial charge in [-0.2, -0.15) is 5.26 Å². The van der Waals surface area contributed by atoms with E-state index >= 15 is 0 Å². The van der Waals surface area contributed by atoms with Crippen molar-refractivity contribution < 1.29 is 9.90 Å². The molecule has 1 amide bonds. The molecule has 0 aromatic rings. The van der Waals surface area contributed by atoms with Crippen LogP contribution in [0.3, 0.4) is 0 Å². The minimum absolute atomic E-state index is 0.0621. The fraction of sp³-hybridized carbons (Fsp3) is 0.750. The molecule has 1 aliphatic rings. The fourth-order valence-corrected chi connectivity index (χ4v) is 1.48. The minimum Gasteiger partial charge on any atom is -0.465 e. The normalized spacial score (nSPS) is 29.5. The molecule has 0 spiro atoms. The van der Waals surface area contributed by atoms with Crippen LogP contribution in [0.25, 0.3) is 0 Å². The van der Waals surface area contributed by atoms with Crippen molar-refractivity contribution in [1.82, 2.24) is 4.90 Å². The Kier molecular flexibility index (Phi) is 2.54. The monoisotopic (exact) mass is 168 g/mol.